The fraction of sp³-hybridized carbons (Fsp3) is 0.571. The third-order valence-corrected chi connectivity index (χ3v) is 3.48. The van der Waals surface area contributed by atoms with E-state index in [4.69, 9.17) is 10.5 Å². The summed E-state index contributed by atoms with van der Waals surface area (Å²) in [6.45, 7) is 4.25. The van der Waals surface area contributed by atoms with Gasteiger partial charge in [0.1, 0.15) is 5.75 Å². The maximum Gasteiger partial charge on any atom is 0.124 e. The first-order chi connectivity index (χ1) is 7.60. The smallest absolute Gasteiger partial charge is 0.124 e. The molecule has 0 heterocycles. The molecular weight excluding hydrogens is 198 g/mol. The van der Waals surface area contributed by atoms with E-state index in [0.717, 1.165) is 30.9 Å². The van der Waals surface area contributed by atoms with Crippen LogP contribution in [-0.4, -0.2) is 13.2 Å². The van der Waals surface area contributed by atoms with Gasteiger partial charge in [-0.15, -0.1) is 0 Å². The van der Waals surface area contributed by atoms with Gasteiger partial charge in [0.15, 0.2) is 0 Å². The molecule has 1 saturated carbocycles. The van der Waals surface area contributed by atoms with E-state index in [-0.39, 0.29) is 0 Å². The summed E-state index contributed by atoms with van der Waals surface area (Å²) in [5.74, 6) is 1.82. The summed E-state index contributed by atoms with van der Waals surface area (Å²) in [5, 5.41) is 0. The van der Waals surface area contributed by atoms with Crippen molar-refractivity contribution in [2.24, 2.45) is 11.7 Å². The molecule has 2 rings (SSSR count). The number of hydrogen-bond acceptors (Lipinski definition) is 2. The SMILES string of the molecule is COc1c(C)cc(C)cc1CC1CC(N)C1. The molecule has 0 aromatic heterocycles. The summed E-state index contributed by atoms with van der Waals surface area (Å²) < 4.78 is 5.50. The number of nitrogens with two attached hydrogens (primary N) is 1. The maximum atomic E-state index is 5.82. The van der Waals surface area contributed by atoms with Crippen LogP contribution in [0.4, 0.5) is 0 Å². The lowest BCUT2D eigenvalue weighted by molar-refractivity contribution is 0.261. The Labute approximate surface area is 97.8 Å². The predicted molar refractivity (Wildman–Crippen MR) is 66.9 cm³/mol. The largest absolute Gasteiger partial charge is 0.496 e. The van der Waals surface area contributed by atoms with Gasteiger partial charge in [-0.2, -0.15) is 0 Å². The number of methoxy groups -OCH3 is 1. The van der Waals surface area contributed by atoms with E-state index in [0.29, 0.717) is 6.04 Å². The zero-order valence-corrected chi connectivity index (χ0v) is 10.4. The maximum absolute atomic E-state index is 5.82. The van der Waals surface area contributed by atoms with Crippen LogP contribution >= 0.6 is 0 Å². The first kappa shape index (κ1) is 11.5. The predicted octanol–water partition coefficient (Wildman–Crippen LogP) is 2.59. The van der Waals surface area contributed by atoms with Gasteiger partial charge in [0, 0.05) is 6.04 Å². The second-order valence-corrected chi connectivity index (χ2v) is 5.08. The molecule has 16 heavy (non-hydrogen) atoms. The highest BCUT2D eigenvalue weighted by Crippen LogP contribution is 2.34. The number of rotatable bonds is 3. The summed E-state index contributed by atoms with van der Waals surface area (Å²) in [7, 11) is 1.76. The van der Waals surface area contributed by atoms with Gasteiger partial charge in [0.25, 0.3) is 0 Å². The van der Waals surface area contributed by atoms with E-state index in [2.05, 4.69) is 26.0 Å². The number of hydrogen-bond donors (Lipinski definition) is 1. The molecule has 0 unspecified atom stereocenters. The lowest BCUT2D eigenvalue weighted by Gasteiger charge is -2.33. The van der Waals surface area contributed by atoms with Crippen LogP contribution in [0.1, 0.15) is 29.5 Å². The van der Waals surface area contributed by atoms with E-state index in [1.54, 1.807) is 7.11 Å². The third-order valence-electron chi connectivity index (χ3n) is 3.48. The zero-order valence-electron chi connectivity index (χ0n) is 10.4. The minimum atomic E-state index is 0.432. The number of aryl methyl sites for hydroxylation is 2. The second-order valence-electron chi connectivity index (χ2n) is 5.08. The molecule has 1 fully saturated rings. The van der Waals surface area contributed by atoms with Crippen LogP contribution in [-0.2, 0) is 6.42 Å². The van der Waals surface area contributed by atoms with E-state index in [9.17, 15) is 0 Å². The lowest BCUT2D eigenvalue weighted by atomic mass is 9.77. The highest BCUT2D eigenvalue weighted by Gasteiger charge is 2.26. The molecule has 1 aliphatic carbocycles. The molecule has 2 heteroatoms. The van der Waals surface area contributed by atoms with Crippen LogP contribution in [0.5, 0.6) is 5.75 Å². The van der Waals surface area contributed by atoms with Gasteiger partial charge in [0.05, 0.1) is 7.11 Å². The van der Waals surface area contributed by atoms with Crippen molar-refractivity contribution in [1.82, 2.24) is 0 Å². The van der Waals surface area contributed by atoms with Crippen molar-refractivity contribution in [3.8, 4) is 5.75 Å². The summed E-state index contributed by atoms with van der Waals surface area (Å²) in [4.78, 5) is 0. The molecule has 88 valence electrons. The molecular formula is C14H21NO. The van der Waals surface area contributed by atoms with Crippen LogP contribution < -0.4 is 10.5 Å². The molecule has 0 aliphatic heterocycles. The standard InChI is InChI=1S/C14H21NO/c1-9-4-10(2)14(16-3)12(5-9)6-11-7-13(15)8-11/h4-5,11,13H,6-8,15H2,1-3H3. The molecule has 0 bridgehead atoms. The highest BCUT2D eigenvalue weighted by molar-refractivity contribution is 5.44. The van der Waals surface area contributed by atoms with Crippen molar-refractivity contribution in [1.29, 1.82) is 0 Å². The van der Waals surface area contributed by atoms with Crippen molar-refractivity contribution < 1.29 is 4.74 Å². The summed E-state index contributed by atoms with van der Waals surface area (Å²) in [6, 6.07) is 4.85. The van der Waals surface area contributed by atoms with Crippen molar-refractivity contribution in [2.75, 3.05) is 7.11 Å². The third kappa shape index (κ3) is 2.22. The second kappa shape index (κ2) is 4.46. The number of ether oxygens (including phenoxy) is 1. The van der Waals surface area contributed by atoms with Crippen LogP contribution in [0.3, 0.4) is 0 Å². The average Bonchev–Trinajstić information content (AvgIpc) is 2.14. The molecule has 0 saturated heterocycles. The van der Waals surface area contributed by atoms with Gasteiger partial charge in [-0.3, -0.25) is 0 Å². The van der Waals surface area contributed by atoms with Crippen LogP contribution in [0.25, 0.3) is 0 Å². The van der Waals surface area contributed by atoms with Gasteiger partial charge < -0.3 is 10.5 Å². The topological polar surface area (TPSA) is 35.2 Å². The van der Waals surface area contributed by atoms with E-state index in [1.165, 1.54) is 16.7 Å². The van der Waals surface area contributed by atoms with Crippen LogP contribution in [0.2, 0.25) is 0 Å². The molecule has 2 nitrogen and oxygen atoms in total. The fourth-order valence-corrected chi connectivity index (χ4v) is 2.75. The van der Waals surface area contributed by atoms with Crippen molar-refractivity contribution in [3.63, 3.8) is 0 Å². The van der Waals surface area contributed by atoms with Gasteiger partial charge in [-0.1, -0.05) is 17.7 Å². The molecule has 0 spiro atoms. The molecule has 2 N–H and O–H groups in total. The van der Waals surface area contributed by atoms with Crippen LogP contribution in [0.15, 0.2) is 12.1 Å². The number of benzene rings is 1. The Morgan fingerprint density at radius 3 is 2.56 bits per heavy atom. The highest BCUT2D eigenvalue weighted by atomic mass is 16.5. The fourth-order valence-electron chi connectivity index (χ4n) is 2.75. The average molecular weight is 219 g/mol. The Morgan fingerprint density at radius 1 is 1.31 bits per heavy atom. The van der Waals surface area contributed by atoms with Gasteiger partial charge in [-0.05, 0) is 50.2 Å². The first-order valence-corrected chi connectivity index (χ1v) is 6.00. The molecule has 1 aliphatic rings. The van der Waals surface area contributed by atoms with Crippen molar-refractivity contribution in [3.05, 3.63) is 28.8 Å². The van der Waals surface area contributed by atoms with Gasteiger partial charge in [0.2, 0.25) is 0 Å². The van der Waals surface area contributed by atoms with Gasteiger partial charge in [-0.25, -0.2) is 0 Å². The van der Waals surface area contributed by atoms with Crippen molar-refractivity contribution >= 4 is 0 Å². The van der Waals surface area contributed by atoms with E-state index < -0.39 is 0 Å². The Bertz CT molecular complexity index is 381. The van der Waals surface area contributed by atoms with Crippen LogP contribution in [0, 0.1) is 19.8 Å². The van der Waals surface area contributed by atoms with Crippen molar-refractivity contribution in [2.45, 2.75) is 39.2 Å². The Hall–Kier alpha value is -1.02. The first-order valence-electron chi connectivity index (χ1n) is 6.00. The normalized spacial score (nSPS) is 24.0. The Morgan fingerprint density at radius 2 is 2.00 bits per heavy atom. The Kier molecular flexibility index (Phi) is 3.20. The molecule has 1 aromatic rings. The molecule has 1 aromatic carbocycles. The summed E-state index contributed by atoms with van der Waals surface area (Å²) in [5.41, 5.74) is 9.72. The van der Waals surface area contributed by atoms with E-state index >= 15 is 0 Å². The lowest BCUT2D eigenvalue weighted by Crippen LogP contribution is -2.37. The molecule has 0 radical (unpaired) electrons. The van der Waals surface area contributed by atoms with Gasteiger partial charge >= 0.3 is 0 Å². The van der Waals surface area contributed by atoms with E-state index in [1.807, 2.05) is 0 Å². The molecule has 0 atom stereocenters. The summed E-state index contributed by atoms with van der Waals surface area (Å²) >= 11 is 0. The zero-order chi connectivity index (χ0) is 11.7. The minimum absolute atomic E-state index is 0.432. The molecule has 0 amide bonds. The Balaban J connectivity index is 2.18. The summed E-state index contributed by atoms with van der Waals surface area (Å²) in [6.07, 6.45) is 3.44. The quantitative estimate of drug-likeness (QED) is 0.848. The monoisotopic (exact) mass is 219 g/mol. The minimum Gasteiger partial charge on any atom is -0.496 e.